The molecule has 7 heteroatoms. The Morgan fingerprint density at radius 1 is 1.00 bits per heavy atom. The van der Waals surface area contributed by atoms with E-state index < -0.39 is 24.0 Å². The Hall–Kier alpha value is -2.74. The van der Waals surface area contributed by atoms with Crippen molar-refractivity contribution in [2.45, 2.75) is 38.5 Å². The number of benzene rings is 2. The molecule has 2 aromatic rings. The van der Waals surface area contributed by atoms with Crippen molar-refractivity contribution in [3.8, 4) is 0 Å². The van der Waals surface area contributed by atoms with Gasteiger partial charge < -0.3 is 15.7 Å². The summed E-state index contributed by atoms with van der Waals surface area (Å²) in [5.74, 6) is -1.38. The van der Waals surface area contributed by atoms with E-state index in [4.69, 9.17) is 5.21 Å². The molecule has 2 rings (SSSR count). The first-order valence-electron chi connectivity index (χ1n) is 9.27. The van der Waals surface area contributed by atoms with Gasteiger partial charge >= 0.3 is 0 Å². The number of carbonyl (C=O) groups is 2. The van der Waals surface area contributed by atoms with Gasteiger partial charge in [0.05, 0.1) is 6.10 Å². The summed E-state index contributed by atoms with van der Waals surface area (Å²) in [5, 5.41) is 24.0. The molecule has 0 heterocycles. The minimum absolute atomic E-state index is 0.365. The van der Waals surface area contributed by atoms with Crippen molar-refractivity contribution in [1.82, 2.24) is 16.1 Å². The highest BCUT2D eigenvalue weighted by molar-refractivity contribution is 5.97. The normalized spacial score (nSPS) is 12.8. The Kier molecular flexibility index (Phi) is 8.61. The summed E-state index contributed by atoms with van der Waals surface area (Å²) in [4.78, 5) is 23.7. The molecule has 0 radical (unpaired) electrons. The molecular formula is C21H27N3O4. The predicted octanol–water partition coefficient (Wildman–Crippen LogP) is 1.39. The van der Waals surface area contributed by atoms with Gasteiger partial charge in [-0.15, -0.1) is 0 Å². The second kappa shape index (κ2) is 11.2. The number of nitrogens with one attached hydrogen (secondary N) is 3. The van der Waals surface area contributed by atoms with Crippen LogP contribution in [0.25, 0.3) is 0 Å². The lowest BCUT2D eigenvalue weighted by Crippen LogP contribution is -2.51. The molecule has 0 saturated carbocycles. The number of hydrogen-bond acceptors (Lipinski definition) is 5. The lowest BCUT2D eigenvalue weighted by atomic mass is 10.1. The highest BCUT2D eigenvalue weighted by Gasteiger charge is 2.25. The number of aliphatic hydroxyl groups is 1. The van der Waals surface area contributed by atoms with Crippen LogP contribution in [0.2, 0.25) is 0 Å². The zero-order valence-corrected chi connectivity index (χ0v) is 15.9. The van der Waals surface area contributed by atoms with E-state index in [-0.39, 0.29) is 0 Å². The van der Waals surface area contributed by atoms with E-state index in [0.717, 1.165) is 24.9 Å². The van der Waals surface area contributed by atoms with Crippen LogP contribution in [0.3, 0.4) is 0 Å². The Balaban J connectivity index is 1.77. The van der Waals surface area contributed by atoms with Gasteiger partial charge in [0.2, 0.25) is 0 Å². The van der Waals surface area contributed by atoms with E-state index in [0.29, 0.717) is 12.1 Å². The number of hydroxylamine groups is 1. The SMILES string of the molecule is C[C@@H](O)[C@H](NC(=O)c1ccc(CNCCCc2ccccc2)cc1)C(=O)NO. The number of carbonyl (C=O) groups excluding carboxylic acids is 2. The number of aryl methyl sites for hydroxylation is 1. The molecule has 150 valence electrons. The van der Waals surface area contributed by atoms with Crippen LogP contribution < -0.4 is 16.1 Å². The molecule has 0 aliphatic rings. The van der Waals surface area contributed by atoms with Gasteiger partial charge in [0.25, 0.3) is 11.8 Å². The van der Waals surface area contributed by atoms with Crippen LogP contribution in [0.5, 0.6) is 0 Å². The number of aliphatic hydroxyl groups excluding tert-OH is 1. The van der Waals surface area contributed by atoms with E-state index in [1.165, 1.54) is 18.0 Å². The monoisotopic (exact) mass is 385 g/mol. The molecule has 2 atom stereocenters. The minimum Gasteiger partial charge on any atom is -0.391 e. The Labute approximate surface area is 164 Å². The summed E-state index contributed by atoms with van der Waals surface area (Å²) in [6.07, 6.45) is 0.923. The summed E-state index contributed by atoms with van der Waals surface area (Å²) in [7, 11) is 0. The molecule has 0 saturated heterocycles. The summed E-state index contributed by atoms with van der Waals surface area (Å²) in [5.41, 5.74) is 4.16. The highest BCUT2D eigenvalue weighted by Crippen LogP contribution is 2.06. The van der Waals surface area contributed by atoms with Gasteiger partial charge in [-0.3, -0.25) is 14.8 Å². The molecule has 2 aromatic carbocycles. The molecule has 5 N–H and O–H groups in total. The molecule has 0 fully saturated rings. The van der Waals surface area contributed by atoms with Crippen molar-refractivity contribution in [2.75, 3.05) is 6.54 Å². The first-order valence-corrected chi connectivity index (χ1v) is 9.27. The van der Waals surface area contributed by atoms with Crippen molar-refractivity contribution >= 4 is 11.8 Å². The van der Waals surface area contributed by atoms with Crippen LogP contribution in [0.1, 0.15) is 34.8 Å². The van der Waals surface area contributed by atoms with E-state index >= 15 is 0 Å². The summed E-state index contributed by atoms with van der Waals surface area (Å²) >= 11 is 0. The molecule has 0 unspecified atom stereocenters. The van der Waals surface area contributed by atoms with Gasteiger partial charge in [0.15, 0.2) is 0 Å². The molecule has 2 amide bonds. The lowest BCUT2D eigenvalue weighted by molar-refractivity contribution is -0.133. The third-order valence-corrected chi connectivity index (χ3v) is 4.37. The molecule has 0 bridgehead atoms. The second-order valence-corrected chi connectivity index (χ2v) is 6.63. The van der Waals surface area contributed by atoms with Gasteiger partial charge in [-0.25, -0.2) is 5.48 Å². The van der Waals surface area contributed by atoms with Crippen LogP contribution in [-0.2, 0) is 17.8 Å². The fraction of sp³-hybridized carbons (Fsp3) is 0.333. The third kappa shape index (κ3) is 6.77. The molecule has 0 spiro atoms. The summed E-state index contributed by atoms with van der Waals surface area (Å²) in [6.45, 7) is 2.94. The Bertz CT molecular complexity index is 748. The maximum atomic E-state index is 12.2. The largest absolute Gasteiger partial charge is 0.391 e. The fourth-order valence-electron chi connectivity index (χ4n) is 2.77. The van der Waals surface area contributed by atoms with Crippen molar-refractivity contribution in [3.63, 3.8) is 0 Å². The van der Waals surface area contributed by atoms with Crippen molar-refractivity contribution < 1.29 is 19.9 Å². The number of amides is 2. The van der Waals surface area contributed by atoms with Gasteiger partial charge in [-0.05, 0) is 49.6 Å². The van der Waals surface area contributed by atoms with Crippen LogP contribution in [0.4, 0.5) is 0 Å². The van der Waals surface area contributed by atoms with Gasteiger partial charge in [-0.2, -0.15) is 0 Å². The third-order valence-electron chi connectivity index (χ3n) is 4.37. The zero-order chi connectivity index (χ0) is 20.4. The van der Waals surface area contributed by atoms with Gasteiger partial charge in [0, 0.05) is 12.1 Å². The van der Waals surface area contributed by atoms with Crippen LogP contribution in [-0.4, -0.2) is 40.8 Å². The zero-order valence-electron chi connectivity index (χ0n) is 15.9. The van der Waals surface area contributed by atoms with Gasteiger partial charge in [-0.1, -0.05) is 42.5 Å². The average Bonchev–Trinajstić information content (AvgIpc) is 2.72. The van der Waals surface area contributed by atoms with Crippen LogP contribution >= 0.6 is 0 Å². The van der Waals surface area contributed by atoms with E-state index in [1.54, 1.807) is 12.1 Å². The van der Waals surface area contributed by atoms with E-state index in [9.17, 15) is 14.7 Å². The highest BCUT2D eigenvalue weighted by atomic mass is 16.5. The summed E-state index contributed by atoms with van der Waals surface area (Å²) in [6, 6.07) is 16.1. The lowest BCUT2D eigenvalue weighted by Gasteiger charge is -2.19. The number of rotatable bonds is 10. The van der Waals surface area contributed by atoms with Gasteiger partial charge in [0.1, 0.15) is 6.04 Å². The Morgan fingerprint density at radius 2 is 1.68 bits per heavy atom. The first kappa shape index (κ1) is 21.6. The van der Waals surface area contributed by atoms with Crippen molar-refractivity contribution in [1.29, 1.82) is 0 Å². The Morgan fingerprint density at radius 3 is 2.29 bits per heavy atom. The van der Waals surface area contributed by atoms with E-state index in [1.807, 2.05) is 30.3 Å². The molecule has 0 aliphatic carbocycles. The topological polar surface area (TPSA) is 111 Å². The minimum atomic E-state index is -1.23. The fourth-order valence-corrected chi connectivity index (χ4v) is 2.77. The molecule has 0 aromatic heterocycles. The van der Waals surface area contributed by atoms with Crippen molar-refractivity contribution in [3.05, 3.63) is 71.3 Å². The maximum Gasteiger partial charge on any atom is 0.268 e. The standard InChI is InChI=1S/C21H27N3O4/c1-15(25)19(21(27)24-28)23-20(26)18-11-9-17(10-12-18)14-22-13-5-8-16-6-3-2-4-7-16/h2-4,6-7,9-12,15,19,22,25,28H,5,8,13-14H2,1H3,(H,23,26)(H,24,27)/t15-,19+/m1/s1. The average molecular weight is 385 g/mol. The maximum absolute atomic E-state index is 12.2. The smallest absolute Gasteiger partial charge is 0.268 e. The molecule has 28 heavy (non-hydrogen) atoms. The first-order chi connectivity index (χ1) is 13.5. The quantitative estimate of drug-likeness (QED) is 0.241. The van der Waals surface area contributed by atoms with E-state index in [2.05, 4.69) is 22.8 Å². The van der Waals surface area contributed by atoms with Crippen LogP contribution in [0.15, 0.2) is 54.6 Å². The second-order valence-electron chi connectivity index (χ2n) is 6.63. The molecule has 7 nitrogen and oxygen atoms in total. The summed E-state index contributed by atoms with van der Waals surface area (Å²) < 4.78 is 0. The molecular weight excluding hydrogens is 358 g/mol. The predicted molar refractivity (Wildman–Crippen MR) is 106 cm³/mol. The number of hydrogen-bond donors (Lipinski definition) is 5. The van der Waals surface area contributed by atoms with Crippen LogP contribution in [0, 0.1) is 0 Å². The van der Waals surface area contributed by atoms with Crippen molar-refractivity contribution in [2.24, 2.45) is 0 Å². The molecule has 0 aliphatic heterocycles.